The third kappa shape index (κ3) is 4.72. The predicted octanol–water partition coefficient (Wildman–Crippen LogP) is 5.71. The van der Waals surface area contributed by atoms with Crippen molar-refractivity contribution in [3.63, 3.8) is 0 Å². The van der Waals surface area contributed by atoms with E-state index in [0.717, 1.165) is 41.9 Å². The van der Waals surface area contributed by atoms with Gasteiger partial charge < -0.3 is 9.47 Å². The van der Waals surface area contributed by atoms with Gasteiger partial charge in [-0.05, 0) is 45.3 Å². The van der Waals surface area contributed by atoms with Crippen LogP contribution in [-0.4, -0.2) is 44.0 Å². The van der Waals surface area contributed by atoms with Crippen LogP contribution in [0.4, 0.5) is 0 Å². The lowest BCUT2D eigenvalue weighted by Crippen LogP contribution is -2.27. The van der Waals surface area contributed by atoms with Crippen LogP contribution in [0.1, 0.15) is 5.56 Å². The lowest BCUT2D eigenvalue weighted by molar-refractivity contribution is 0.300. The molecule has 0 fully saturated rings. The van der Waals surface area contributed by atoms with Crippen LogP contribution in [0.5, 0.6) is 11.5 Å². The highest BCUT2D eigenvalue weighted by molar-refractivity contribution is 6.18. The summed E-state index contributed by atoms with van der Waals surface area (Å²) in [6.07, 6.45) is 0. The summed E-state index contributed by atoms with van der Waals surface area (Å²) >= 11 is 11.9. The summed E-state index contributed by atoms with van der Waals surface area (Å²) in [6, 6.07) is 14.8. The third-order valence-corrected chi connectivity index (χ3v) is 4.98. The lowest BCUT2D eigenvalue weighted by Gasteiger charge is -2.22. The molecule has 0 aromatic heterocycles. The van der Waals surface area contributed by atoms with Gasteiger partial charge >= 0.3 is 0 Å². The van der Waals surface area contributed by atoms with Crippen molar-refractivity contribution in [3.8, 4) is 11.5 Å². The van der Waals surface area contributed by atoms with Gasteiger partial charge in [0.1, 0.15) is 0 Å². The van der Waals surface area contributed by atoms with Crippen LogP contribution in [0.2, 0.25) is 0 Å². The third-order valence-electron chi connectivity index (χ3n) is 4.64. The first kappa shape index (κ1) is 21.9. The number of benzene rings is 3. The highest BCUT2D eigenvalue weighted by Crippen LogP contribution is 2.37. The molecule has 0 saturated carbocycles. The topological polar surface area (TPSA) is 21.7 Å². The quantitative estimate of drug-likeness (QED) is 0.339. The Morgan fingerprint density at radius 2 is 1.41 bits per heavy atom. The molecule has 3 nitrogen and oxygen atoms in total. The van der Waals surface area contributed by atoms with E-state index in [9.17, 15) is 0 Å². The summed E-state index contributed by atoms with van der Waals surface area (Å²) in [5.41, 5.74) is 1.26. The first-order valence-corrected chi connectivity index (χ1v) is 9.69. The summed E-state index contributed by atoms with van der Waals surface area (Å²) in [7, 11) is 3.32. The van der Waals surface area contributed by atoms with E-state index in [1.807, 2.05) is 6.07 Å². The molecule has 0 N–H and O–H groups in total. The van der Waals surface area contributed by atoms with Crippen LogP contribution in [0.25, 0.3) is 21.5 Å². The minimum atomic E-state index is 0. The van der Waals surface area contributed by atoms with Gasteiger partial charge in [0.15, 0.2) is 11.5 Å². The van der Waals surface area contributed by atoms with E-state index in [0.29, 0.717) is 11.8 Å². The largest absolute Gasteiger partial charge is 0.493 e. The van der Waals surface area contributed by atoms with Crippen molar-refractivity contribution in [2.24, 2.45) is 0 Å². The fourth-order valence-corrected chi connectivity index (χ4v) is 3.87. The number of alkyl halides is 2. The van der Waals surface area contributed by atoms with Crippen molar-refractivity contribution < 1.29 is 9.47 Å². The molecule has 0 aliphatic carbocycles. The van der Waals surface area contributed by atoms with Crippen molar-refractivity contribution in [2.75, 3.05) is 39.1 Å². The predicted molar refractivity (Wildman–Crippen MR) is 119 cm³/mol. The van der Waals surface area contributed by atoms with E-state index >= 15 is 0 Å². The summed E-state index contributed by atoms with van der Waals surface area (Å²) in [6.45, 7) is 2.43. The summed E-state index contributed by atoms with van der Waals surface area (Å²) in [5, 5.41) is 4.73. The molecule has 6 heteroatoms. The number of fused-ring (bicyclic) bond motifs is 3. The number of rotatable bonds is 8. The molecule has 0 aliphatic heterocycles. The van der Waals surface area contributed by atoms with Crippen LogP contribution < -0.4 is 9.47 Å². The second kappa shape index (κ2) is 10.2. The minimum Gasteiger partial charge on any atom is -0.493 e. The Labute approximate surface area is 176 Å². The average Bonchev–Trinajstić information content (AvgIpc) is 2.67. The van der Waals surface area contributed by atoms with Crippen molar-refractivity contribution in [3.05, 3.63) is 48.0 Å². The number of methoxy groups -OCH3 is 2. The maximum absolute atomic E-state index is 5.97. The zero-order chi connectivity index (χ0) is 18.5. The zero-order valence-electron chi connectivity index (χ0n) is 15.5. The molecule has 0 bridgehead atoms. The van der Waals surface area contributed by atoms with Gasteiger partial charge in [-0.1, -0.05) is 24.3 Å². The molecule has 0 spiro atoms. The fourth-order valence-electron chi connectivity index (χ4n) is 3.39. The smallest absolute Gasteiger partial charge is 0.161 e. The molecule has 3 aromatic carbocycles. The van der Waals surface area contributed by atoms with Crippen LogP contribution in [0.3, 0.4) is 0 Å². The van der Waals surface area contributed by atoms with E-state index < -0.39 is 0 Å². The number of halogens is 3. The molecule has 0 unspecified atom stereocenters. The number of nitrogens with zero attached hydrogens (tertiary/aromatic N) is 1. The molecular formula is C21H24Cl3NO2. The van der Waals surface area contributed by atoms with Gasteiger partial charge in [-0.15, -0.1) is 35.6 Å². The number of ether oxygens (including phenoxy) is 2. The SMILES string of the molecule is COc1cc2cc(CN(CCCl)CCCl)c3ccccc3c2cc1OC.Cl. The van der Waals surface area contributed by atoms with Crippen LogP contribution in [-0.2, 0) is 6.54 Å². The Bertz CT molecular complexity index is 895. The molecule has 0 atom stereocenters. The maximum atomic E-state index is 5.97. The number of hydrogen-bond donors (Lipinski definition) is 0. The lowest BCUT2D eigenvalue weighted by atomic mass is 9.96. The normalized spacial score (nSPS) is 11.0. The van der Waals surface area contributed by atoms with Gasteiger partial charge in [-0.25, -0.2) is 0 Å². The van der Waals surface area contributed by atoms with Gasteiger partial charge in [-0.2, -0.15) is 0 Å². The summed E-state index contributed by atoms with van der Waals surface area (Å²) in [5.74, 6) is 2.66. The molecule has 146 valence electrons. The van der Waals surface area contributed by atoms with Crippen molar-refractivity contribution >= 4 is 57.2 Å². The Balaban J connectivity index is 0.00000261. The zero-order valence-corrected chi connectivity index (χ0v) is 17.8. The second-order valence-electron chi connectivity index (χ2n) is 6.16. The summed E-state index contributed by atoms with van der Waals surface area (Å²) in [4.78, 5) is 2.29. The Morgan fingerprint density at radius 1 is 0.815 bits per heavy atom. The van der Waals surface area contributed by atoms with Gasteiger partial charge in [0, 0.05) is 31.4 Å². The van der Waals surface area contributed by atoms with Crippen LogP contribution in [0, 0.1) is 0 Å². The maximum Gasteiger partial charge on any atom is 0.161 e. The molecule has 27 heavy (non-hydrogen) atoms. The van der Waals surface area contributed by atoms with E-state index in [2.05, 4.69) is 41.3 Å². The highest BCUT2D eigenvalue weighted by Gasteiger charge is 2.13. The fraction of sp³-hybridized carbons (Fsp3) is 0.333. The van der Waals surface area contributed by atoms with Gasteiger partial charge in [0.05, 0.1) is 14.2 Å². The minimum absolute atomic E-state index is 0. The van der Waals surface area contributed by atoms with E-state index in [1.165, 1.54) is 16.3 Å². The standard InChI is InChI=1S/C21H23Cl2NO2.ClH/c1-25-20-12-15-11-16(14-24(9-7-22)10-8-23)17-5-3-4-6-18(17)19(15)13-21(20)26-2;/h3-6,11-13H,7-10,14H2,1-2H3;1H. The highest BCUT2D eigenvalue weighted by atomic mass is 35.5. The molecule has 0 aliphatic rings. The van der Waals surface area contributed by atoms with Crippen molar-refractivity contribution in [1.82, 2.24) is 4.90 Å². The second-order valence-corrected chi connectivity index (χ2v) is 6.92. The van der Waals surface area contributed by atoms with Crippen LogP contribution >= 0.6 is 35.6 Å². The Morgan fingerprint density at radius 3 is 2.00 bits per heavy atom. The Hall–Kier alpha value is -1.39. The monoisotopic (exact) mass is 427 g/mol. The van der Waals surface area contributed by atoms with Gasteiger partial charge in [-0.3, -0.25) is 4.90 Å². The average molecular weight is 429 g/mol. The van der Waals surface area contributed by atoms with Crippen molar-refractivity contribution in [2.45, 2.75) is 6.54 Å². The molecule has 0 heterocycles. The van der Waals surface area contributed by atoms with E-state index in [4.69, 9.17) is 32.7 Å². The molecule has 0 saturated heterocycles. The summed E-state index contributed by atoms with van der Waals surface area (Å²) < 4.78 is 11.0. The van der Waals surface area contributed by atoms with Gasteiger partial charge in [0.2, 0.25) is 0 Å². The molecular weight excluding hydrogens is 405 g/mol. The molecule has 3 aromatic rings. The molecule has 3 rings (SSSR count). The van der Waals surface area contributed by atoms with Crippen molar-refractivity contribution in [1.29, 1.82) is 0 Å². The first-order valence-electron chi connectivity index (χ1n) is 8.62. The Kier molecular flexibility index (Phi) is 8.30. The van der Waals surface area contributed by atoms with Gasteiger partial charge in [0.25, 0.3) is 0 Å². The van der Waals surface area contributed by atoms with Crippen LogP contribution in [0.15, 0.2) is 42.5 Å². The van der Waals surface area contributed by atoms with E-state index in [-0.39, 0.29) is 12.4 Å². The first-order chi connectivity index (χ1) is 12.7. The molecule has 0 radical (unpaired) electrons. The number of hydrogen-bond acceptors (Lipinski definition) is 3. The van der Waals surface area contributed by atoms with E-state index in [1.54, 1.807) is 14.2 Å². The molecule has 0 amide bonds.